The van der Waals surface area contributed by atoms with E-state index in [-0.39, 0.29) is 17.4 Å². The summed E-state index contributed by atoms with van der Waals surface area (Å²) in [5.74, 6) is 0.932. The van der Waals surface area contributed by atoms with Crippen molar-refractivity contribution in [2.24, 2.45) is 0 Å². The van der Waals surface area contributed by atoms with Crippen LogP contribution < -0.4 is 10.5 Å². The quantitative estimate of drug-likeness (QED) is 0.486. The van der Waals surface area contributed by atoms with Crippen molar-refractivity contribution in [1.82, 2.24) is 34.1 Å². The Bertz CT molecular complexity index is 1470. The number of nitrogens with one attached hydrogen (secondary N) is 1. The van der Waals surface area contributed by atoms with E-state index in [1.807, 2.05) is 0 Å². The van der Waals surface area contributed by atoms with Gasteiger partial charge in [-0.3, -0.25) is 9.36 Å². The largest absolute Gasteiger partial charge is 0.344 e. The highest BCUT2D eigenvalue weighted by molar-refractivity contribution is 5.83. The van der Waals surface area contributed by atoms with Gasteiger partial charge in [0, 0.05) is 12.7 Å². The summed E-state index contributed by atoms with van der Waals surface area (Å²) in [6, 6.07) is 9.19. The maximum absolute atomic E-state index is 13.6. The first-order valence-electron chi connectivity index (χ1n) is 9.98. The van der Waals surface area contributed by atoms with Crippen molar-refractivity contribution in [2.45, 2.75) is 18.9 Å². The molecule has 0 aliphatic carbocycles. The number of hydrogen-bond donors (Lipinski definition) is 1. The molecule has 1 aromatic carbocycles. The summed E-state index contributed by atoms with van der Waals surface area (Å²) < 4.78 is 16.7. The first-order chi connectivity index (χ1) is 15.2. The number of anilines is 1. The second kappa shape index (κ2) is 6.73. The van der Waals surface area contributed by atoms with E-state index in [2.05, 4.69) is 24.8 Å². The Morgan fingerprint density at radius 2 is 1.97 bits per heavy atom. The van der Waals surface area contributed by atoms with Crippen LogP contribution in [0.2, 0.25) is 0 Å². The highest BCUT2D eigenvalue weighted by Crippen LogP contribution is 2.36. The average Bonchev–Trinajstić information content (AvgIpc) is 3.54. The molecule has 6 rings (SSSR count). The molecule has 1 atom stereocenters. The zero-order valence-electron chi connectivity index (χ0n) is 16.3. The molecule has 0 bridgehead atoms. The molecule has 9 nitrogen and oxygen atoms in total. The summed E-state index contributed by atoms with van der Waals surface area (Å²) in [6.45, 7) is 0.749. The second-order valence-electron chi connectivity index (χ2n) is 7.46. The third-order valence-electron chi connectivity index (χ3n) is 5.70. The van der Waals surface area contributed by atoms with Crippen LogP contribution in [0.3, 0.4) is 0 Å². The first kappa shape index (κ1) is 17.8. The summed E-state index contributed by atoms with van der Waals surface area (Å²) in [5, 5.41) is 4.80. The van der Waals surface area contributed by atoms with Gasteiger partial charge in [0.1, 0.15) is 23.2 Å². The number of rotatable bonds is 3. The van der Waals surface area contributed by atoms with E-state index in [4.69, 9.17) is 5.10 Å². The van der Waals surface area contributed by atoms with Gasteiger partial charge in [-0.05, 0) is 49.2 Å². The topological polar surface area (TPSA) is 97.0 Å². The smallest absolute Gasteiger partial charge is 0.282 e. The fourth-order valence-corrected chi connectivity index (χ4v) is 4.32. The van der Waals surface area contributed by atoms with E-state index < -0.39 is 0 Å². The standard InChI is InChI=1S/C21H17FN8O/c22-13-5-7-14(8-6-13)30-19(27-29-10-2-4-16(29)21(30)31)15-3-1-9-28(15)20-17-18(24-11-23-17)25-12-26-20/h2,4-8,10-12,15H,1,3,9H2,(H,23,24,25,26)/t15-/m0/s1. The van der Waals surface area contributed by atoms with E-state index in [1.54, 1.807) is 45.9 Å². The Hall–Kier alpha value is -4.08. The SMILES string of the molecule is O=c1c2cccn2nc([C@@H]2CCCN2c2ncnc3nc[nH]c23)n1-c1ccc(F)cc1. The fourth-order valence-electron chi connectivity index (χ4n) is 4.32. The molecule has 31 heavy (non-hydrogen) atoms. The number of imidazole rings is 1. The summed E-state index contributed by atoms with van der Waals surface area (Å²) in [6.07, 6.45) is 6.54. The molecule has 5 aromatic rings. The van der Waals surface area contributed by atoms with E-state index in [9.17, 15) is 9.18 Å². The highest BCUT2D eigenvalue weighted by Gasteiger charge is 2.33. The average molecular weight is 416 g/mol. The van der Waals surface area contributed by atoms with Crippen LogP contribution in [0, 0.1) is 5.82 Å². The summed E-state index contributed by atoms with van der Waals surface area (Å²) in [5.41, 5.74) is 2.14. The lowest BCUT2D eigenvalue weighted by molar-refractivity contribution is 0.599. The zero-order valence-corrected chi connectivity index (χ0v) is 16.3. The van der Waals surface area contributed by atoms with Gasteiger partial charge in [-0.2, -0.15) is 5.10 Å². The molecule has 0 unspecified atom stereocenters. The Balaban J connectivity index is 1.58. The van der Waals surface area contributed by atoms with Crippen molar-refractivity contribution in [2.75, 3.05) is 11.4 Å². The fraction of sp³-hybridized carbons (Fsp3) is 0.190. The number of benzene rings is 1. The number of aromatic nitrogens is 7. The minimum absolute atomic E-state index is 0.203. The number of halogens is 1. The highest BCUT2D eigenvalue weighted by atomic mass is 19.1. The van der Waals surface area contributed by atoms with Gasteiger partial charge in [0.05, 0.1) is 18.1 Å². The molecule has 1 fully saturated rings. The summed E-state index contributed by atoms with van der Waals surface area (Å²) >= 11 is 0. The predicted molar refractivity (Wildman–Crippen MR) is 112 cm³/mol. The molecule has 0 saturated carbocycles. The van der Waals surface area contributed by atoms with Crippen molar-refractivity contribution in [3.05, 3.63) is 77.2 Å². The number of nitrogens with zero attached hydrogens (tertiary/aromatic N) is 7. The van der Waals surface area contributed by atoms with Gasteiger partial charge in [-0.25, -0.2) is 23.9 Å². The van der Waals surface area contributed by atoms with Crippen LogP contribution in [-0.2, 0) is 0 Å². The molecule has 1 aliphatic heterocycles. The van der Waals surface area contributed by atoms with Gasteiger partial charge >= 0.3 is 0 Å². The third-order valence-corrected chi connectivity index (χ3v) is 5.70. The summed E-state index contributed by atoms with van der Waals surface area (Å²) in [7, 11) is 0. The zero-order chi connectivity index (χ0) is 20.9. The predicted octanol–water partition coefficient (Wildman–Crippen LogP) is 2.63. The molecule has 1 aliphatic rings. The van der Waals surface area contributed by atoms with Crippen LogP contribution in [-0.4, -0.2) is 40.7 Å². The van der Waals surface area contributed by atoms with Crippen molar-refractivity contribution in [3.8, 4) is 5.69 Å². The monoisotopic (exact) mass is 416 g/mol. The van der Waals surface area contributed by atoms with Gasteiger partial charge in [-0.15, -0.1) is 0 Å². The van der Waals surface area contributed by atoms with Gasteiger partial charge in [0.2, 0.25) is 0 Å². The molecule has 154 valence electrons. The van der Waals surface area contributed by atoms with Crippen LogP contribution in [0.4, 0.5) is 10.2 Å². The van der Waals surface area contributed by atoms with Crippen LogP contribution in [0.1, 0.15) is 24.7 Å². The van der Waals surface area contributed by atoms with E-state index >= 15 is 0 Å². The molecule has 4 aromatic heterocycles. The van der Waals surface area contributed by atoms with E-state index in [0.29, 0.717) is 22.7 Å². The first-order valence-corrected chi connectivity index (χ1v) is 9.98. The molecular weight excluding hydrogens is 399 g/mol. The van der Waals surface area contributed by atoms with Crippen LogP contribution >= 0.6 is 0 Å². The molecule has 10 heteroatoms. The number of aromatic amines is 1. The lowest BCUT2D eigenvalue weighted by atomic mass is 10.2. The van der Waals surface area contributed by atoms with Gasteiger partial charge in [0.25, 0.3) is 5.56 Å². The maximum atomic E-state index is 13.6. The van der Waals surface area contributed by atoms with Crippen molar-refractivity contribution >= 4 is 22.5 Å². The van der Waals surface area contributed by atoms with Crippen LogP contribution in [0.25, 0.3) is 22.4 Å². The Labute approximate surface area is 174 Å². The van der Waals surface area contributed by atoms with Crippen molar-refractivity contribution < 1.29 is 4.39 Å². The minimum Gasteiger partial charge on any atom is -0.344 e. The van der Waals surface area contributed by atoms with E-state index in [0.717, 1.165) is 30.7 Å². The van der Waals surface area contributed by atoms with E-state index in [1.165, 1.54) is 18.5 Å². The number of hydrogen-bond acceptors (Lipinski definition) is 6. The van der Waals surface area contributed by atoms with Gasteiger partial charge in [0.15, 0.2) is 17.3 Å². The number of H-pyrrole nitrogens is 1. The molecule has 1 saturated heterocycles. The normalized spacial score (nSPS) is 16.5. The molecule has 5 heterocycles. The Morgan fingerprint density at radius 1 is 1.10 bits per heavy atom. The Kier molecular flexibility index (Phi) is 3.85. The molecule has 1 N–H and O–H groups in total. The maximum Gasteiger partial charge on any atom is 0.282 e. The lowest BCUT2D eigenvalue weighted by Gasteiger charge is -2.27. The molecular formula is C21H17FN8O. The van der Waals surface area contributed by atoms with Crippen LogP contribution in [0.5, 0.6) is 0 Å². The second-order valence-corrected chi connectivity index (χ2v) is 7.46. The van der Waals surface area contributed by atoms with Crippen LogP contribution in [0.15, 0.2) is 60.0 Å². The molecule has 0 amide bonds. The molecule has 0 spiro atoms. The molecule has 0 radical (unpaired) electrons. The van der Waals surface area contributed by atoms with Crippen molar-refractivity contribution in [3.63, 3.8) is 0 Å². The van der Waals surface area contributed by atoms with Gasteiger partial charge in [-0.1, -0.05) is 0 Å². The summed E-state index contributed by atoms with van der Waals surface area (Å²) in [4.78, 5) is 31.6. The minimum atomic E-state index is -0.361. The van der Waals surface area contributed by atoms with Gasteiger partial charge < -0.3 is 9.88 Å². The number of fused-ring (bicyclic) bond motifs is 2. The van der Waals surface area contributed by atoms with Crippen molar-refractivity contribution in [1.29, 1.82) is 0 Å². The third kappa shape index (κ3) is 2.71. The lowest BCUT2D eigenvalue weighted by Crippen LogP contribution is -2.33. The Morgan fingerprint density at radius 3 is 2.84 bits per heavy atom.